The maximum atomic E-state index is 11.5. The maximum absolute atomic E-state index is 11.5. The first kappa shape index (κ1) is 14.5. The van der Waals surface area contributed by atoms with E-state index in [1.807, 2.05) is 38.1 Å². The number of aliphatic hydroxyl groups is 1. The quantitative estimate of drug-likeness (QED) is 0.868. The molecule has 0 heterocycles. The van der Waals surface area contributed by atoms with Crippen molar-refractivity contribution in [3.8, 4) is 5.75 Å². The van der Waals surface area contributed by atoms with Gasteiger partial charge in [0.1, 0.15) is 11.9 Å². The molecule has 0 spiro atoms. The zero-order valence-electron chi connectivity index (χ0n) is 11.4. The highest BCUT2D eigenvalue weighted by atomic mass is 16.5. The van der Waals surface area contributed by atoms with Crippen molar-refractivity contribution < 1.29 is 14.6 Å². The van der Waals surface area contributed by atoms with Crippen molar-refractivity contribution in [2.75, 3.05) is 7.05 Å². The van der Waals surface area contributed by atoms with Crippen LogP contribution in [0, 0.1) is 0 Å². The molecule has 0 saturated heterocycles. The summed E-state index contributed by atoms with van der Waals surface area (Å²) in [6.07, 6.45) is -0.811. The predicted octanol–water partition coefficient (Wildman–Crippen LogP) is 1.81. The molecule has 100 valence electrons. The minimum atomic E-state index is -0.960. The molecule has 1 atom stereocenters. The lowest BCUT2D eigenvalue weighted by Crippen LogP contribution is -2.34. The van der Waals surface area contributed by atoms with Crippen LogP contribution in [0.3, 0.4) is 0 Å². The largest absolute Gasteiger partial charge is 0.491 e. The molecular formula is C14H21NO3. The van der Waals surface area contributed by atoms with Crippen LogP contribution in [0.15, 0.2) is 24.3 Å². The van der Waals surface area contributed by atoms with Gasteiger partial charge in [0.25, 0.3) is 5.91 Å². The van der Waals surface area contributed by atoms with E-state index in [9.17, 15) is 9.90 Å². The molecule has 1 amide bonds. The van der Waals surface area contributed by atoms with Gasteiger partial charge in [-0.1, -0.05) is 12.1 Å². The summed E-state index contributed by atoms with van der Waals surface area (Å²) in [6.45, 7) is 5.90. The lowest BCUT2D eigenvalue weighted by atomic mass is 10.2. The van der Waals surface area contributed by atoms with Crippen molar-refractivity contribution in [1.82, 2.24) is 4.90 Å². The van der Waals surface area contributed by atoms with Crippen LogP contribution in [0.4, 0.5) is 0 Å². The molecule has 1 aromatic rings. The fourth-order valence-corrected chi connectivity index (χ4v) is 1.62. The second-order valence-electron chi connectivity index (χ2n) is 4.68. The van der Waals surface area contributed by atoms with Crippen LogP contribution in [-0.4, -0.2) is 35.2 Å². The van der Waals surface area contributed by atoms with E-state index < -0.39 is 6.10 Å². The Bertz CT molecular complexity index is 385. The highest BCUT2D eigenvalue weighted by molar-refractivity contribution is 5.79. The van der Waals surface area contributed by atoms with Gasteiger partial charge >= 0.3 is 0 Å². The Morgan fingerprint density at radius 2 is 1.83 bits per heavy atom. The van der Waals surface area contributed by atoms with Crippen molar-refractivity contribution in [3.63, 3.8) is 0 Å². The summed E-state index contributed by atoms with van der Waals surface area (Å²) in [5, 5.41) is 9.20. The molecule has 0 saturated carbocycles. The molecule has 0 aliphatic rings. The van der Waals surface area contributed by atoms with Crippen LogP contribution in [-0.2, 0) is 11.3 Å². The lowest BCUT2D eigenvalue weighted by molar-refractivity contribution is -0.138. The molecule has 18 heavy (non-hydrogen) atoms. The average Bonchev–Trinajstić information content (AvgIpc) is 2.29. The number of ether oxygens (including phenoxy) is 1. The third-order valence-electron chi connectivity index (χ3n) is 2.45. The predicted molar refractivity (Wildman–Crippen MR) is 70.4 cm³/mol. The molecule has 0 aliphatic carbocycles. The van der Waals surface area contributed by atoms with Gasteiger partial charge in [0.05, 0.1) is 6.10 Å². The number of carbonyl (C=O) groups is 1. The number of aliphatic hydroxyl groups excluding tert-OH is 1. The van der Waals surface area contributed by atoms with Crippen molar-refractivity contribution in [3.05, 3.63) is 29.8 Å². The molecule has 4 nitrogen and oxygen atoms in total. The summed E-state index contributed by atoms with van der Waals surface area (Å²) in [6, 6.07) is 7.61. The number of benzene rings is 1. The lowest BCUT2D eigenvalue weighted by Gasteiger charge is -2.19. The standard InChI is InChI=1S/C14H21NO3/c1-10(2)18-13-7-5-12(6-8-13)9-15(4)14(17)11(3)16/h5-8,10-11,16H,9H2,1-4H3. The summed E-state index contributed by atoms with van der Waals surface area (Å²) in [7, 11) is 1.67. The number of hydrogen-bond donors (Lipinski definition) is 1. The Morgan fingerprint density at radius 3 is 2.28 bits per heavy atom. The summed E-state index contributed by atoms with van der Waals surface area (Å²) < 4.78 is 5.54. The first-order chi connectivity index (χ1) is 8.40. The minimum absolute atomic E-state index is 0.148. The number of carbonyl (C=O) groups excluding carboxylic acids is 1. The van der Waals surface area contributed by atoms with Gasteiger partial charge in [-0.2, -0.15) is 0 Å². The Labute approximate surface area is 108 Å². The van der Waals surface area contributed by atoms with Crippen LogP contribution in [0.2, 0.25) is 0 Å². The second-order valence-corrected chi connectivity index (χ2v) is 4.68. The third kappa shape index (κ3) is 4.37. The van der Waals surface area contributed by atoms with Gasteiger partial charge in [0.15, 0.2) is 0 Å². The SMILES string of the molecule is CC(C)Oc1ccc(CN(C)C(=O)C(C)O)cc1. The number of hydrogen-bond acceptors (Lipinski definition) is 3. The summed E-state index contributed by atoms with van der Waals surface area (Å²) in [5.74, 6) is 0.538. The normalized spacial score (nSPS) is 12.3. The Kier molecular flexibility index (Phi) is 5.16. The molecule has 0 radical (unpaired) electrons. The minimum Gasteiger partial charge on any atom is -0.491 e. The van der Waals surface area contributed by atoms with Gasteiger partial charge in [-0.25, -0.2) is 0 Å². The molecule has 4 heteroatoms. The number of likely N-dealkylation sites (N-methyl/N-ethyl adjacent to an activating group) is 1. The van der Waals surface area contributed by atoms with Gasteiger partial charge in [0, 0.05) is 13.6 Å². The van der Waals surface area contributed by atoms with E-state index in [-0.39, 0.29) is 12.0 Å². The van der Waals surface area contributed by atoms with Gasteiger partial charge < -0.3 is 14.7 Å². The van der Waals surface area contributed by atoms with Gasteiger partial charge in [-0.15, -0.1) is 0 Å². The van der Waals surface area contributed by atoms with Crippen LogP contribution in [0.5, 0.6) is 5.75 Å². The van der Waals surface area contributed by atoms with E-state index in [1.165, 1.54) is 11.8 Å². The Hall–Kier alpha value is -1.55. The molecule has 1 rings (SSSR count). The van der Waals surface area contributed by atoms with Crippen molar-refractivity contribution in [2.45, 2.75) is 39.5 Å². The molecular weight excluding hydrogens is 230 g/mol. The molecule has 0 bridgehead atoms. The van der Waals surface area contributed by atoms with E-state index >= 15 is 0 Å². The smallest absolute Gasteiger partial charge is 0.251 e. The first-order valence-electron chi connectivity index (χ1n) is 6.08. The molecule has 0 fully saturated rings. The van der Waals surface area contributed by atoms with Crippen LogP contribution < -0.4 is 4.74 Å². The van der Waals surface area contributed by atoms with Crippen molar-refractivity contribution in [2.24, 2.45) is 0 Å². The fraction of sp³-hybridized carbons (Fsp3) is 0.500. The zero-order valence-corrected chi connectivity index (χ0v) is 11.4. The summed E-state index contributed by atoms with van der Waals surface area (Å²) in [5.41, 5.74) is 1.00. The van der Waals surface area contributed by atoms with Crippen molar-refractivity contribution >= 4 is 5.91 Å². The van der Waals surface area contributed by atoms with Gasteiger partial charge in [0.2, 0.25) is 0 Å². The number of rotatable bonds is 5. The Morgan fingerprint density at radius 1 is 1.28 bits per heavy atom. The second kappa shape index (κ2) is 6.40. The molecule has 1 aromatic carbocycles. The van der Waals surface area contributed by atoms with Crippen LogP contribution in [0.25, 0.3) is 0 Å². The monoisotopic (exact) mass is 251 g/mol. The first-order valence-corrected chi connectivity index (χ1v) is 6.08. The van der Waals surface area contributed by atoms with Crippen LogP contribution in [0.1, 0.15) is 26.3 Å². The molecule has 0 aromatic heterocycles. The highest BCUT2D eigenvalue weighted by Crippen LogP contribution is 2.15. The average molecular weight is 251 g/mol. The summed E-state index contributed by atoms with van der Waals surface area (Å²) in [4.78, 5) is 13.0. The summed E-state index contributed by atoms with van der Waals surface area (Å²) >= 11 is 0. The van der Waals surface area contributed by atoms with E-state index in [0.29, 0.717) is 6.54 Å². The molecule has 0 aliphatic heterocycles. The molecule has 1 unspecified atom stereocenters. The molecule has 1 N–H and O–H groups in total. The zero-order chi connectivity index (χ0) is 13.7. The number of nitrogens with zero attached hydrogens (tertiary/aromatic N) is 1. The third-order valence-corrected chi connectivity index (χ3v) is 2.45. The van der Waals surface area contributed by atoms with E-state index in [4.69, 9.17) is 4.74 Å². The van der Waals surface area contributed by atoms with Gasteiger partial charge in [-0.05, 0) is 38.5 Å². The fourth-order valence-electron chi connectivity index (χ4n) is 1.62. The van der Waals surface area contributed by atoms with E-state index in [2.05, 4.69) is 0 Å². The topological polar surface area (TPSA) is 49.8 Å². The van der Waals surface area contributed by atoms with Crippen molar-refractivity contribution in [1.29, 1.82) is 0 Å². The van der Waals surface area contributed by atoms with E-state index in [0.717, 1.165) is 11.3 Å². The maximum Gasteiger partial charge on any atom is 0.251 e. The van der Waals surface area contributed by atoms with Crippen LogP contribution >= 0.6 is 0 Å². The highest BCUT2D eigenvalue weighted by Gasteiger charge is 2.14. The van der Waals surface area contributed by atoms with E-state index in [1.54, 1.807) is 7.05 Å². The van der Waals surface area contributed by atoms with Gasteiger partial charge in [-0.3, -0.25) is 4.79 Å². The number of amides is 1. The Balaban J connectivity index is 2.61.